The van der Waals surface area contributed by atoms with Gasteiger partial charge in [0.15, 0.2) is 0 Å². The van der Waals surface area contributed by atoms with Crippen LogP contribution in [0.2, 0.25) is 0 Å². The molecule has 0 saturated heterocycles. The summed E-state index contributed by atoms with van der Waals surface area (Å²) in [7, 11) is 1.94. The molecule has 0 aliphatic heterocycles. The van der Waals surface area contributed by atoms with Gasteiger partial charge in [-0.1, -0.05) is 50.1 Å². The Bertz CT molecular complexity index is 962. The summed E-state index contributed by atoms with van der Waals surface area (Å²) in [5, 5.41) is 9.33. The van der Waals surface area contributed by atoms with E-state index in [1.54, 1.807) is 6.21 Å². The summed E-state index contributed by atoms with van der Waals surface area (Å²) in [5.74, 6) is 1.23. The number of nitrogens with two attached hydrogens (primary N) is 1. The molecule has 0 aliphatic carbocycles. The van der Waals surface area contributed by atoms with Crippen LogP contribution in [-0.4, -0.2) is 35.7 Å². The SMILES string of the molecule is CCCCCN(C)/C(N)=N/N=C/c1c[nH]c2ccc(OCc3ccccc3)cc12. The quantitative estimate of drug-likeness (QED) is 0.244. The molecule has 3 rings (SSSR count). The largest absolute Gasteiger partial charge is 0.489 e. The van der Waals surface area contributed by atoms with E-state index in [1.807, 2.05) is 54.5 Å². The molecule has 0 unspecified atom stereocenters. The zero-order chi connectivity index (χ0) is 20.5. The van der Waals surface area contributed by atoms with Crippen molar-refractivity contribution >= 4 is 23.1 Å². The standard InChI is InChI=1S/C23H29N5O/c1-3-4-8-13-28(2)23(24)27-26-16-19-15-25-22-12-11-20(14-21(19)22)29-17-18-9-6-5-7-10-18/h5-7,9-12,14-16,25H,3-4,8,13,17H2,1-2H3,(H2,24,27)/b26-16+. The smallest absolute Gasteiger partial charge is 0.216 e. The van der Waals surface area contributed by atoms with Gasteiger partial charge in [-0.3, -0.25) is 0 Å². The second-order valence-electron chi connectivity index (χ2n) is 7.06. The normalized spacial score (nSPS) is 12.0. The lowest BCUT2D eigenvalue weighted by Crippen LogP contribution is -2.34. The molecule has 6 heteroatoms. The molecule has 0 aliphatic rings. The van der Waals surface area contributed by atoms with E-state index in [0.717, 1.165) is 40.7 Å². The van der Waals surface area contributed by atoms with Gasteiger partial charge in [-0.25, -0.2) is 0 Å². The van der Waals surface area contributed by atoms with E-state index < -0.39 is 0 Å². The number of guanidine groups is 1. The number of H-pyrrole nitrogens is 1. The van der Waals surface area contributed by atoms with Gasteiger partial charge in [0.05, 0.1) is 6.21 Å². The van der Waals surface area contributed by atoms with E-state index >= 15 is 0 Å². The van der Waals surface area contributed by atoms with Gasteiger partial charge in [0.1, 0.15) is 12.4 Å². The number of fused-ring (bicyclic) bond motifs is 1. The minimum absolute atomic E-state index is 0.420. The maximum atomic E-state index is 6.00. The van der Waals surface area contributed by atoms with Crippen LogP contribution in [0.5, 0.6) is 5.75 Å². The summed E-state index contributed by atoms with van der Waals surface area (Å²) >= 11 is 0. The van der Waals surface area contributed by atoms with Crippen molar-refractivity contribution in [1.29, 1.82) is 0 Å². The lowest BCUT2D eigenvalue weighted by molar-refractivity contribution is 0.306. The van der Waals surface area contributed by atoms with Crippen LogP contribution in [0.25, 0.3) is 10.9 Å². The Balaban J connectivity index is 1.66. The molecule has 0 fully saturated rings. The van der Waals surface area contributed by atoms with Crippen molar-refractivity contribution in [1.82, 2.24) is 9.88 Å². The van der Waals surface area contributed by atoms with Crippen molar-refractivity contribution in [2.75, 3.05) is 13.6 Å². The number of unbranched alkanes of at least 4 members (excludes halogenated alkanes) is 2. The van der Waals surface area contributed by atoms with E-state index in [9.17, 15) is 0 Å². The Morgan fingerprint density at radius 3 is 2.79 bits per heavy atom. The van der Waals surface area contributed by atoms with Crippen molar-refractivity contribution < 1.29 is 4.74 Å². The fourth-order valence-corrected chi connectivity index (χ4v) is 3.00. The fourth-order valence-electron chi connectivity index (χ4n) is 3.00. The highest BCUT2D eigenvalue weighted by atomic mass is 16.5. The summed E-state index contributed by atoms with van der Waals surface area (Å²) in [6, 6.07) is 16.1. The number of aromatic amines is 1. The number of ether oxygens (including phenoxy) is 1. The van der Waals surface area contributed by atoms with Crippen LogP contribution in [-0.2, 0) is 6.61 Å². The zero-order valence-electron chi connectivity index (χ0n) is 17.1. The van der Waals surface area contributed by atoms with Crippen molar-refractivity contribution in [2.24, 2.45) is 15.9 Å². The van der Waals surface area contributed by atoms with Crippen molar-refractivity contribution in [3.8, 4) is 5.75 Å². The van der Waals surface area contributed by atoms with Crippen molar-refractivity contribution in [3.63, 3.8) is 0 Å². The highest BCUT2D eigenvalue weighted by Crippen LogP contribution is 2.23. The first kappa shape index (κ1) is 20.5. The van der Waals surface area contributed by atoms with Crippen LogP contribution in [0.15, 0.2) is 64.9 Å². The van der Waals surface area contributed by atoms with E-state index in [2.05, 4.69) is 34.2 Å². The third kappa shape index (κ3) is 5.85. The van der Waals surface area contributed by atoms with Gasteiger partial charge in [0, 0.05) is 36.3 Å². The summed E-state index contributed by atoms with van der Waals surface area (Å²) in [4.78, 5) is 5.18. The van der Waals surface area contributed by atoms with Gasteiger partial charge < -0.3 is 20.4 Å². The molecule has 0 amide bonds. The molecular weight excluding hydrogens is 362 g/mol. The van der Waals surface area contributed by atoms with E-state index in [4.69, 9.17) is 10.5 Å². The van der Waals surface area contributed by atoms with Gasteiger partial charge in [-0.2, -0.15) is 5.10 Å². The predicted octanol–water partition coefficient (Wildman–Crippen LogP) is 4.52. The molecule has 0 bridgehead atoms. The first-order valence-corrected chi connectivity index (χ1v) is 10.0. The van der Waals surface area contributed by atoms with Crippen LogP contribution >= 0.6 is 0 Å². The van der Waals surface area contributed by atoms with Gasteiger partial charge in [0.2, 0.25) is 5.96 Å². The Morgan fingerprint density at radius 2 is 2.00 bits per heavy atom. The van der Waals surface area contributed by atoms with Crippen LogP contribution in [0, 0.1) is 0 Å². The Labute approximate surface area is 172 Å². The van der Waals surface area contributed by atoms with Crippen LogP contribution < -0.4 is 10.5 Å². The summed E-state index contributed by atoms with van der Waals surface area (Å²) in [6.45, 7) is 3.60. The Hall–Kier alpha value is -3.28. The molecule has 0 atom stereocenters. The second-order valence-corrected chi connectivity index (χ2v) is 7.06. The molecule has 0 radical (unpaired) electrons. The number of aromatic nitrogens is 1. The maximum Gasteiger partial charge on any atom is 0.216 e. The average Bonchev–Trinajstić information content (AvgIpc) is 3.15. The van der Waals surface area contributed by atoms with Gasteiger partial charge in [-0.15, -0.1) is 5.10 Å². The summed E-state index contributed by atoms with van der Waals surface area (Å²) in [6.07, 6.45) is 7.09. The summed E-state index contributed by atoms with van der Waals surface area (Å²) in [5.41, 5.74) is 9.10. The fraction of sp³-hybridized carbons (Fsp3) is 0.304. The van der Waals surface area contributed by atoms with Gasteiger partial charge in [-0.05, 0) is 30.2 Å². The first-order valence-electron chi connectivity index (χ1n) is 10.0. The van der Waals surface area contributed by atoms with Crippen LogP contribution in [0.3, 0.4) is 0 Å². The van der Waals surface area contributed by atoms with Crippen LogP contribution in [0.4, 0.5) is 0 Å². The topological polar surface area (TPSA) is 79.0 Å². The summed E-state index contributed by atoms with van der Waals surface area (Å²) < 4.78 is 5.93. The third-order valence-electron chi connectivity index (χ3n) is 4.78. The van der Waals surface area contributed by atoms with E-state index in [1.165, 1.54) is 12.8 Å². The Kier molecular flexibility index (Phi) is 7.28. The minimum Gasteiger partial charge on any atom is -0.489 e. The first-order chi connectivity index (χ1) is 14.2. The minimum atomic E-state index is 0.420. The highest BCUT2D eigenvalue weighted by Gasteiger charge is 2.05. The molecule has 3 N–H and O–H groups in total. The predicted molar refractivity (Wildman–Crippen MR) is 120 cm³/mol. The van der Waals surface area contributed by atoms with Crippen molar-refractivity contribution in [3.05, 3.63) is 65.9 Å². The number of benzene rings is 2. The molecule has 3 aromatic rings. The molecule has 1 aromatic heterocycles. The Morgan fingerprint density at radius 1 is 1.17 bits per heavy atom. The molecule has 152 valence electrons. The van der Waals surface area contributed by atoms with Gasteiger partial charge >= 0.3 is 0 Å². The number of nitrogens with zero attached hydrogens (tertiary/aromatic N) is 3. The molecule has 2 aromatic carbocycles. The van der Waals surface area contributed by atoms with Crippen LogP contribution in [0.1, 0.15) is 37.3 Å². The molecule has 0 spiro atoms. The average molecular weight is 392 g/mol. The number of rotatable bonds is 9. The molecular formula is C23H29N5O. The maximum absolute atomic E-state index is 6.00. The molecule has 1 heterocycles. The second kappa shape index (κ2) is 10.3. The molecule has 29 heavy (non-hydrogen) atoms. The number of hydrogen-bond donors (Lipinski definition) is 2. The van der Waals surface area contributed by atoms with E-state index in [0.29, 0.717) is 12.6 Å². The lowest BCUT2D eigenvalue weighted by Gasteiger charge is -2.16. The number of nitrogens with one attached hydrogen (secondary N) is 1. The lowest BCUT2D eigenvalue weighted by atomic mass is 10.2. The number of hydrogen-bond acceptors (Lipinski definition) is 3. The highest BCUT2D eigenvalue weighted by molar-refractivity contribution is 5.99. The molecule has 6 nitrogen and oxygen atoms in total. The monoisotopic (exact) mass is 391 g/mol. The molecule has 0 saturated carbocycles. The van der Waals surface area contributed by atoms with Gasteiger partial charge in [0.25, 0.3) is 0 Å². The third-order valence-corrected chi connectivity index (χ3v) is 4.78. The van der Waals surface area contributed by atoms with E-state index in [-0.39, 0.29) is 0 Å². The van der Waals surface area contributed by atoms with Crippen molar-refractivity contribution in [2.45, 2.75) is 32.8 Å². The zero-order valence-corrected chi connectivity index (χ0v) is 17.1.